The molecule has 2 N–H and O–H groups in total. The number of hydrogen-bond donors (Lipinski definition) is 1. The van der Waals surface area contributed by atoms with Gasteiger partial charge in [-0.3, -0.25) is 4.79 Å². The first-order valence-electron chi connectivity index (χ1n) is 4.89. The van der Waals surface area contributed by atoms with Gasteiger partial charge in [0.15, 0.2) is 0 Å². The summed E-state index contributed by atoms with van der Waals surface area (Å²) in [5.41, 5.74) is 6.80. The fourth-order valence-electron chi connectivity index (χ4n) is 1.25. The third-order valence-corrected chi connectivity index (χ3v) is 2.85. The maximum atomic E-state index is 11.8. The molecule has 2 aromatic heterocycles. The second kappa shape index (κ2) is 4.50. The summed E-state index contributed by atoms with van der Waals surface area (Å²) >= 11 is 1.10. The first-order chi connectivity index (χ1) is 8.08. The van der Waals surface area contributed by atoms with Crippen LogP contribution in [-0.4, -0.2) is 33.5 Å². The average Bonchev–Trinajstić information content (AvgIpc) is 2.67. The highest BCUT2D eigenvalue weighted by Gasteiger charge is 2.08. The standard InChI is InChI=1S/C9H12N6OS/c1-14(2)6-3-8(16)15(11-4-6)5-7-9(10)17-13-12-7/h3-4H,5,10H2,1-2H3. The molecule has 0 aliphatic carbocycles. The molecule has 0 unspecified atom stereocenters. The van der Waals surface area contributed by atoms with Crippen molar-refractivity contribution in [2.75, 3.05) is 24.7 Å². The molecule has 0 spiro atoms. The summed E-state index contributed by atoms with van der Waals surface area (Å²) in [5.74, 6) is 0. The summed E-state index contributed by atoms with van der Waals surface area (Å²) in [6.45, 7) is 0.245. The van der Waals surface area contributed by atoms with Crippen molar-refractivity contribution in [1.29, 1.82) is 0 Å². The first-order valence-corrected chi connectivity index (χ1v) is 5.66. The molecule has 2 heterocycles. The summed E-state index contributed by atoms with van der Waals surface area (Å²) in [6, 6.07) is 1.52. The lowest BCUT2D eigenvalue weighted by Gasteiger charge is -2.11. The second-order valence-electron chi connectivity index (χ2n) is 3.69. The van der Waals surface area contributed by atoms with Gasteiger partial charge in [-0.2, -0.15) is 5.10 Å². The van der Waals surface area contributed by atoms with Crippen LogP contribution in [0.2, 0.25) is 0 Å². The molecule has 2 aromatic rings. The van der Waals surface area contributed by atoms with Crippen molar-refractivity contribution >= 4 is 22.2 Å². The van der Waals surface area contributed by atoms with Gasteiger partial charge in [0.1, 0.15) is 10.7 Å². The van der Waals surface area contributed by atoms with E-state index in [0.29, 0.717) is 10.7 Å². The number of aromatic nitrogens is 4. The van der Waals surface area contributed by atoms with E-state index in [1.165, 1.54) is 10.7 Å². The van der Waals surface area contributed by atoms with E-state index in [1.807, 2.05) is 19.0 Å². The van der Waals surface area contributed by atoms with Crippen molar-refractivity contribution < 1.29 is 0 Å². The summed E-state index contributed by atoms with van der Waals surface area (Å²) in [5, 5.41) is 8.41. The van der Waals surface area contributed by atoms with Gasteiger partial charge < -0.3 is 10.6 Å². The average molecular weight is 252 g/mol. The molecular formula is C9H12N6OS. The maximum absolute atomic E-state index is 11.8. The van der Waals surface area contributed by atoms with Gasteiger partial charge in [-0.15, -0.1) is 5.10 Å². The molecule has 0 radical (unpaired) electrons. The summed E-state index contributed by atoms with van der Waals surface area (Å²) in [7, 11) is 3.70. The number of nitrogen functional groups attached to an aromatic ring is 1. The zero-order valence-electron chi connectivity index (χ0n) is 9.49. The monoisotopic (exact) mass is 252 g/mol. The quantitative estimate of drug-likeness (QED) is 0.813. The zero-order valence-corrected chi connectivity index (χ0v) is 10.3. The third-order valence-electron chi connectivity index (χ3n) is 2.26. The van der Waals surface area contributed by atoms with E-state index < -0.39 is 0 Å². The predicted molar refractivity (Wildman–Crippen MR) is 66.2 cm³/mol. The maximum Gasteiger partial charge on any atom is 0.269 e. The minimum atomic E-state index is -0.191. The predicted octanol–water partition coefficient (Wildman–Crippen LogP) is -0.209. The molecule has 0 atom stereocenters. The molecule has 0 saturated carbocycles. The smallest absolute Gasteiger partial charge is 0.269 e. The third kappa shape index (κ3) is 2.41. The Labute approximate surface area is 102 Å². The normalized spacial score (nSPS) is 10.5. The SMILES string of the molecule is CN(C)c1cnn(Cc2nnsc2N)c(=O)c1. The number of anilines is 2. The molecule has 2 rings (SSSR count). The number of nitrogens with zero attached hydrogens (tertiary/aromatic N) is 5. The van der Waals surface area contributed by atoms with Crippen molar-refractivity contribution in [3.05, 3.63) is 28.3 Å². The van der Waals surface area contributed by atoms with E-state index in [1.54, 1.807) is 6.20 Å². The molecule has 7 nitrogen and oxygen atoms in total. The minimum absolute atomic E-state index is 0.191. The Morgan fingerprint density at radius 2 is 2.29 bits per heavy atom. The number of nitrogens with two attached hydrogens (primary N) is 1. The molecule has 0 aliphatic rings. The fourth-order valence-corrected chi connectivity index (χ4v) is 1.69. The second-order valence-corrected chi connectivity index (χ2v) is 4.47. The van der Waals surface area contributed by atoms with Gasteiger partial charge >= 0.3 is 0 Å². The molecule has 90 valence electrons. The van der Waals surface area contributed by atoms with Gasteiger partial charge in [-0.25, -0.2) is 4.68 Å². The molecule has 0 fully saturated rings. The molecule has 0 bridgehead atoms. The summed E-state index contributed by atoms with van der Waals surface area (Å²) in [4.78, 5) is 13.6. The van der Waals surface area contributed by atoms with Crippen molar-refractivity contribution in [3.63, 3.8) is 0 Å². The van der Waals surface area contributed by atoms with E-state index in [0.717, 1.165) is 17.2 Å². The molecule has 0 amide bonds. The Morgan fingerprint density at radius 3 is 2.82 bits per heavy atom. The van der Waals surface area contributed by atoms with Crippen LogP contribution in [0.25, 0.3) is 0 Å². The molecule has 8 heteroatoms. The highest BCUT2D eigenvalue weighted by molar-refractivity contribution is 7.09. The Hall–Kier alpha value is -1.96. The molecule has 0 saturated heterocycles. The Kier molecular flexibility index (Phi) is 3.05. The Balaban J connectivity index is 2.29. The highest BCUT2D eigenvalue weighted by atomic mass is 32.1. The van der Waals surface area contributed by atoms with Crippen LogP contribution in [0, 0.1) is 0 Å². The van der Waals surface area contributed by atoms with E-state index >= 15 is 0 Å². The van der Waals surface area contributed by atoms with Crippen LogP contribution < -0.4 is 16.2 Å². The number of hydrogen-bond acceptors (Lipinski definition) is 7. The minimum Gasteiger partial charge on any atom is -0.388 e. The van der Waals surface area contributed by atoms with Crippen LogP contribution in [0.3, 0.4) is 0 Å². The lowest BCUT2D eigenvalue weighted by atomic mass is 10.4. The fraction of sp³-hybridized carbons (Fsp3) is 0.333. The summed E-state index contributed by atoms with van der Waals surface area (Å²) < 4.78 is 5.01. The van der Waals surface area contributed by atoms with Crippen LogP contribution in [0.1, 0.15) is 5.69 Å². The van der Waals surface area contributed by atoms with E-state index in [9.17, 15) is 4.79 Å². The van der Waals surface area contributed by atoms with E-state index in [-0.39, 0.29) is 12.1 Å². The topological polar surface area (TPSA) is 89.9 Å². The Morgan fingerprint density at radius 1 is 1.53 bits per heavy atom. The van der Waals surface area contributed by atoms with Gasteiger partial charge in [-0.1, -0.05) is 4.49 Å². The van der Waals surface area contributed by atoms with Crippen molar-refractivity contribution in [3.8, 4) is 0 Å². The molecule has 17 heavy (non-hydrogen) atoms. The lowest BCUT2D eigenvalue weighted by molar-refractivity contribution is 0.627. The van der Waals surface area contributed by atoms with Gasteiger partial charge in [-0.05, 0) is 0 Å². The van der Waals surface area contributed by atoms with Crippen LogP contribution >= 0.6 is 11.5 Å². The first kappa shape index (κ1) is 11.5. The molecule has 0 aromatic carbocycles. The van der Waals surface area contributed by atoms with Crippen molar-refractivity contribution in [2.45, 2.75) is 6.54 Å². The molecular weight excluding hydrogens is 240 g/mol. The van der Waals surface area contributed by atoms with Crippen molar-refractivity contribution in [2.24, 2.45) is 0 Å². The van der Waals surface area contributed by atoms with Gasteiger partial charge in [0, 0.05) is 31.7 Å². The summed E-state index contributed by atoms with van der Waals surface area (Å²) in [6.07, 6.45) is 1.62. The Bertz CT molecular complexity index is 575. The lowest BCUT2D eigenvalue weighted by Crippen LogP contribution is -2.25. The van der Waals surface area contributed by atoms with Crippen LogP contribution in [0.15, 0.2) is 17.1 Å². The van der Waals surface area contributed by atoms with Gasteiger partial charge in [0.25, 0.3) is 5.56 Å². The zero-order chi connectivity index (χ0) is 12.4. The molecule has 0 aliphatic heterocycles. The van der Waals surface area contributed by atoms with E-state index in [4.69, 9.17) is 5.73 Å². The van der Waals surface area contributed by atoms with Crippen LogP contribution in [-0.2, 0) is 6.54 Å². The van der Waals surface area contributed by atoms with Crippen molar-refractivity contribution in [1.82, 2.24) is 19.4 Å². The van der Waals surface area contributed by atoms with E-state index in [2.05, 4.69) is 14.7 Å². The van der Waals surface area contributed by atoms with Crippen LogP contribution in [0.5, 0.6) is 0 Å². The van der Waals surface area contributed by atoms with Crippen LogP contribution in [0.4, 0.5) is 10.7 Å². The highest BCUT2D eigenvalue weighted by Crippen LogP contribution is 2.12. The van der Waals surface area contributed by atoms with Gasteiger partial charge in [0.05, 0.1) is 18.4 Å². The van der Waals surface area contributed by atoms with Gasteiger partial charge in [0.2, 0.25) is 0 Å². The number of rotatable bonds is 3. The largest absolute Gasteiger partial charge is 0.388 e.